The van der Waals surface area contributed by atoms with Crippen LogP contribution in [0.15, 0.2) is 0 Å². The third-order valence-corrected chi connectivity index (χ3v) is 7.10. The molecule has 2 fully saturated rings. The van der Waals surface area contributed by atoms with Crippen LogP contribution < -0.4 is 10.0 Å². The van der Waals surface area contributed by atoms with Gasteiger partial charge in [0, 0.05) is 19.1 Å². The fraction of sp³-hybridized carbons (Fsp3) is 1.00. The number of hydrogen-bond acceptors (Lipinski definition) is 6. The summed E-state index contributed by atoms with van der Waals surface area (Å²) in [6, 6.07) is -0.0177. The topological polar surface area (TPSA) is 102 Å². The van der Waals surface area contributed by atoms with Crippen molar-refractivity contribution in [3.8, 4) is 0 Å². The van der Waals surface area contributed by atoms with Crippen LogP contribution in [0.3, 0.4) is 0 Å². The minimum absolute atomic E-state index is 0.0177. The number of rotatable bonds is 4. The fourth-order valence-electron chi connectivity index (χ4n) is 2.26. The van der Waals surface area contributed by atoms with E-state index >= 15 is 0 Å². The van der Waals surface area contributed by atoms with Crippen molar-refractivity contribution < 1.29 is 21.6 Å². The van der Waals surface area contributed by atoms with E-state index in [1.54, 1.807) is 0 Å². The number of sulfonamides is 1. The van der Waals surface area contributed by atoms with Crippen LogP contribution in [0.2, 0.25) is 0 Å². The highest BCUT2D eigenvalue weighted by Gasteiger charge is 2.32. The molecular weight excluding hydrogens is 292 g/mol. The summed E-state index contributed by atoms with van der Waals surface area (Å²) in [5, 5.41) is 2.56. The van der Waals surface area contributed by atoms with Crippen LogP contribution in [0.4, 0.5) is 0 Å². The molecule has 0 spiro atoms. The average Bonchev–Trinajstić information content (AvgIpc) is 2.37. The van der Waals surface area contributed by atoms with Crippen LogP contribution in [0.25, 0.3) is 0 Å². The number of morpholine rings is 1. The van der Waals surface area contributed by atoms with Crippen LogP contribution >= 0.6 is 0 Å². The predicted molar refractivity (Wildman–Crippen MR) is 71.2 cm³/mol. The summed E-state index contributed by atoms with van der Waals surface area (Å²) in [5.74, 6) is -0.0767. The Morgan fingerprint density at radius 1 is 1.26 bits per heavy atom. The molecule has 19 heavy (non-hydrogen) atoms. The van der Waals surface area contributed by atoms with Crippen molar-refractivity contribution in [3.05, 3.63) is 0 Å². The smallest absolute Gasteiger partial charge is 0.214 e. The summed E-state index contributed by atoms with van der Waals surface area (Å²) in [7, 11) is -6.48. The summed E-state index contributed by atoms with van der Waals surface area (Å²) in [4.78, 5) is 0. The summed E-state index contributed by atoms with van der Waals surface area (Å²) < 4.78 is 54.5. The largest absolute Gasteiger partial charge is 0.378 e. The molecular formula is C10H20N2O5S2. The second kappa shape index (κ2) is 6.04. The molecule has 2 saturated heterocycles. The standard InChI is InChI=1S/C10H20N2O5S2/c13-18(14)5-1-10(2-6-18)19(15,16)12-7-9-8-17-4-3-11-9/h9-12H,1-8H2. The van der Waals surface area contributed by atoms with Crippen LogP contribution in [0.1, 0.15) is 12.8 Å². The SMILES string of the molecule is O=S1(=O)CCC(S(=O)(=O)NCC2COCCN2)CC1. The molecule has 0 saturated carbocycles. The van der Waals surface area contributed by atoms with Gasteiger partial charge in [0.25, 0.3) is 0 Å². The molecule has 0 aromatic carbocycles. The van der Waals surface area contributed by atoms with Crippen molar-refractivity contribution >= 4 is 19.9 Å². The van der Waals surface area contributed by atoms with E-state index in [2.05, 4.69) is 10.0 Å². The Kier molecular flexibility index (Phi) is 4.83. The third kappa shape index (κ3) is 4.38. The van der Waals surface area contributed by atoms with E-state index in [9.17, 15) is 16.8 Å². The molecule has 2 heterocycles. The van der Waals surface area contributed by atoms with Crippen molar-refractivity contribution in [2.45, 2.75) is 24.1 Å². The molecule has 0 bridgehead atoms. The summed E-state index contributed by atoms with van der Waals surface area (Å²) in [6.07, 6.45) is 0.374. The first-order valence-electron chi connectivity index (χ1n) is 6.39. The van der Waals surface area contributed by atoms with Gasteiger partial charge >= 0.3 is 0 Å². The summed E-state index contributed by atoms with van der Waals surface area (Å²) >= 11 is 0. The van der Waals surface area contributed by atoms with Crippen LogP contribution in [0, 0.1) is 0 Å². The Balaban J connectivity index is 1.84. The normalized spacial score (nSPS) is 29.2. The van der Waals surface area contributed by atoms with Crippen molar-refractivity contribution in [1.82, 2.24) is 10.0 Å². The second-order valence-electron chi connectivity index (χ2n) is 4.97. The number of sulfone groups is 1. The van der Waals surface area contributed by atoms with Crippen LogP contribution in [-0.2, 0) is 24.6 Å². The Morgan fingerprint density at radius 3 is 2.53 bits per heavy atom. The minimum Gasteiger partial charge on any atom is -0.378 e. The zero-order valence-electron chi connectivity index (χ0n) is 10.7. The molecule has 2 aliphatic heterocycles. The van der Waals surface area contributed by atoms with Gasteiger partial charge in [0.2, 0.25) is 10.0 Å². The third-order valence-electron chi connectivity index (χ3n) is 3.47. The molecule has 0 aromatic heterocycles. The maximum absolute atomic E-state index is 12.1. The molecule has 2 rings (SSSR count). The van der Waals surface area contributed by atoms with Crippen molar-refractivity contribution in [1.29, 1.82) is 0 Å². The van der Waals surface area contributed by atoms with Crippen LogP contribution in [-0.4, -0.2) is 65.9 Å². The number of nitrogens with one attached hydrogen (secondary N) is 2. The number of ether oxygens (including phenoxy) is 1. The minimum atomic E-state index is -3.44. The van der Waals surface area contributed by atoms with Gasteiger partial charge in [-0.3, -0.25) is 0 Å². The lowest BCUT2D eigenvalue weighted by Crippen LogP contribution is -2.50. The lowest BCUT2D eigenvalue weighted by molar-refractivity contribution is 0.0783. The van der Waals surface area contributed by atoms with Gasteiger partial charge in [-0.2, -0.15) is 0 Å². The lowest BCUT2D eigenvalue weighted by atomic mass is 10.2. The van der Waals surface area contributed by atoms with Crippen molar-refractivity contribution in [2.75, 3.05) is 37.8 Å². The molecule has 1 unspecified atom stereocenters. The van der Waals surface area contributed by atoms with E-state index in [4.69, 9.17) is 4.74 Å². The molecule has 2 aliphatic rings. The molecule has 0 amide bonds. The Morgan fingerprint density at radius 2 is 1.95 bits per heavy atom. The monoisotopic (exact) mass is 312 g/mol. The summed E-state index contributed by atoms with van der Waals surface area (Å²) in [6.45, 7) is 2.13. The van der Waals surface area contributed by atoms with E-state index in [1.807, 2.05) is 0 Å². The second-order valence-corrected chi connectivity index (χ2v) is 9.32. The van der Waals surface area contributed by atoms with E-state index in [0.29, 0.717) is 19.8 Å². The molecule has 7 nitrogen and oxygen atoms in total. The highest BCUT2D eigenvalue weighted by atomic mass is 32.2. The molecule has 1 atom stereocenters. The van der Waals surface area contributed by atoms with Crippen molar-refractivity contribution in [2.24, 2.45) is 0 Å². The molecule has 9 heteroatoms. The first-order chi connectivity index (χ1) is 8.89. The van der Waals surface area contributed by atoms with Gasteiger partial charge in [0.1, 0.15) is 9.84 Å². The Labute approximate surface area is 114 Å². The number of hydrogen-bond donors (Lipinski definition) is 2. The van der Waals surface area contributed by atoms with E-state index in [0.717, 1.165) is 0 Å². The van der Waals surface area contributed by atoms with Crippen molar-refractivity contribution in [3.63, 3.8) is 0 Å². The van der Waals surface area contributed by atoms with Gasteiger partial charge in [-0.1, -0.05) is 0 Å². The molecule has 0 radical (unpaired) electrons. The first kappa shape index (κ1) is 15.2. The fourth-order valence-corrected chi connectivity index (χ4v) is 5.58. The van der Waals surface area contributed by atoms with Gasteiger partial charge in [0.05, 0.1) is 30.0 Å². The van der Waals surface area contributed by atoms with Gasteiger partial charge in [-0.15, -0.1) is 0 Å². The quantitative estimate of drug-likeness (QED) is 0.653. The lowest BCUT2D eigenvalue weighted by Gasteiger charge is -2.26. The average molecular weight is 312 g/mol. The molecule has 0 aromatic rings. The van der Waals surface area contributed by atoms with E-state index < -0.39 is 25.1 Å². The predicted octanol–water partition coefficient (Wildman–Crippen LogP) is -1.53. The van der Waals surface area contributed by atoms with Gasteiger partial charge < -0.3 is 10.1 Å². The van der Waals surface area contributed by atoms with E-state index in [-0.39, 0.29) is 36.9 Å². The van der Waals surface area contributed by atoms with Gasteiger partial charge in [-0.25, -0.2) is 21.6 Å². The van der Waals surface area contributed by atoms with Gasteiger partial charge in [-0.05, 0) is 12.8 Å². The van der Waals surface area contributed by atoms with E-state index in [1.165, 1.54) is 0 Å². The highest BCUT2D eigenvalue weighted by molar-refractivity contribution is 7.92. The summed E-state index contributed by atoms with van der Waals surface area (Å²) in [5.41, 5.74) is 0. The zero-order valence-corrected chi connectivity index (χ0v) is 12.3. The maximum Gasteiger partial charge on any atom is 0.214 e. The molecule has 112 valence electrons. The zero-order chi connectivity index (χ0) is 13.9. The highest BCUT2D eigenvalue weighted by Crippen LogP contribution is 2.18. The molecule has 0 aliphatic carbocycles. The maximum atomic E-state index is 12.1. The molecule has 2 N–H and O–H groups in total. The first-order valence-corrected chi connectivity index (χ1v) is 9.76. The Hall–Kier alpha value is -0.220. The van der Waals surface area contributed by atoms with Crippen LogP contribution in [0.5, 0.6) is 0 Å². The van der Waals surface area contributed by atoms with Gasteiger partial charge in [0.15, 0.2) is 0 Å². The Bertz CT molecular complexity index is 482.